The summed E-state index contributed by atoms with van der Waals surface area (Å²) in [6.07, 6.45) is 5.44. The third-order valence-electron chi connectivity index (χ3n) is 9.61. The molecule has 0 fully saturated rings. The molecular formula is C40H32O. The fourth-order valence-corrected chi connectivity index (χ4v) is 7.96. The number of para-hydroxylation sites is 1. The van der Waals surface area contributed by atoms with E-state index < -0.39 is 5.41 Å². The SMILES string of the molecule is CC1(C)C2=C(C=CCC2c2ccccc2C2(c3ccccc3)c3ccccc3-c3ccccc32)Oc2ccccc21. The van der Waals surface area contributed by atoms with Crippen LogP contribution in [0, 0.1) is 0 Å². The zero-order valence-electron chi connectivity index (χ0n) is 23.5. The van der Waals surface area contributed by atoms with E-state index in [1.807, 2.05) is 0 Å². The average molecular weight is 529 g/mol. The van der Waals surface area contributed by atoms with Crippen molar-refractivity contribution in [2.75, 3.05) is 0 Å². The van der Waals surface area contributed by atoms with Crippen LogP contribution in [0.2, 0.25) is 0 Å². The number of ether oxygens (including phenoxy) is 1. The molecule has 0 N–H and O–H groups in total. The fourth-order valence-electron chi connectivity index (χ4n) is 7.96. The second kappa shape index (κ2) is 8.94. The van der Waals surface area contributed by atoms with Crippen molar-refractivity contribution in [1.82, 2.24) is 0 Å². The highest BCUT2D eigenvalue weighted by Crippen LogP contribution is 2.59. The van der Waals surface area contributed by atoms with Gasteiger partial charge >= 0.3 is 0 Å². The van der Waals surface area contributed by atoms with Gasteiger partial charge in [0.1, 0.15) is 11.5 Å². The monoisotopic (exact) mass is 528 g/mol. The van der Waals surface area contributed by atoms with E-state index in [9.17, 15) is 0 Å². The van der Waals surface area contributed by atoms with Crippen molar-refractivity contribution in [3.05, 3.63) is 184 Å². The van der Waals surface area contributed by atoms with E-state index in [1.54, 1.807) is 0 Å². The smallest absolute Gasteiger partial charge is 0.131 e. The topological polar surface area (TPSA) is 9.23 Å². The number of rotatable bonds is 3. The minimum absolute atomic E-state index is 0.169. The lowest BCUT2D eigenvalue weighted by Gasteiger charge is -2.43. The molecule has 0 saturated heterocycles. The third kappa shape index (κ3) is 3.29. The summed E-state index contributed by atoms with van der Waals surface area (Å²) in [5, 5.41) is 0. The van der Waals surface area contributed by atoms with Crippen LogP contribution in [-0.4, -0.2) is 0 Å². The average Bonchev–Trinajstić information content (AvgIpc) is 3.32. The summed E-state index contributed by atoms with van der Waals surface area (Å²) in [7, 11) is 0. The van der Waals surface area contributed by atoms with Gasteiger partial charge in [0.25, 0.3) is 0 Å². The second-order valence-electron chi connectivity index (χ2n) is 12.0. The van der Waals surface area contributed by atoms with Crippen LogP contribution in [0.5, 0.6) is 5.75 Å². The lowest BCUT2D eigenvalue weighted by molar-refractivity contribution is 0.362. The van der Waals surface area contributed by atoms with Crippen LogP contribution in [0.4, 0.5) is 0 Å². The van der Waals surface area contributed by atoms with E-state index in [4.69, 9.17) is 4.74 Å². The lowest BCUT2D eigenvalue weighted by atomic mass is 9.61. The van der Waals surface area contributed by atoms with Crippen molar-refractivity contribution in [3.8, 4) is 16.9 Å². The van der Waals surface area contributed by atoms with E-state index in [2.05, 4.69) is 153 Å². The Morgan fingerprint density at radius 1 is 0.585 bits per heavy atom. The minimum atomic E-state index is -0.426. The van der Waals surface area contributed by atoms with Crippen molar-refractivity contribution >= 4 is 0 Å². The van der Waals surface area contributed by atoms with Gasteiger partial charge in [0.15, 0.2) is 0 Å². The summed E-state index contributed by atoms with van der Waals surface area (Å²) in [5.74, 6) is 2.16. The molecule has 0 saturated carbocycles. The van der Waals surface area contributed by atoms with E-state index in [-0.39, 0.29) is 11.3 Å². The Morgan fingerprint density at radius 2 is 1.15 bits per heavy atom. The number of allylic oxidation sites excluding steroid dienone is 3. The Kier molecular flexibility index (Phi) is 5.28. The predicted octanol–water partition coefficient (Wildman–Crippen LogP) is 9.72. The molecule has 0 spiro atoms. The highest BCUT2D eigenvalue weighted by atomic mass is 16.5. The minimum Gasteiger partial charge on any atom is -0.457 e. The van der Waals surface area contributed by atoms with Crippen LogP contribution < -0.4 is 4.74 Å². The molecule has 0 amide bonds. The maximum absolute atomic E-state index is 6.60. The Balaban J connectivity index is 1.43. The number of fused-ring (bicyclic) bond motifs is 4. The summed E-state index contributed by atoms with van der Waals surface area (Å²) in [6, 6.07) is 46.8. The fraction of sp³-hybridized carbons (Fsp3) is 0.150. The number of hydrogen-bond donors (Lipinski definition) is 0. The molecule has 1 unspecified atom stereocenters. The molecule has 0 radical (unpaired) electrons. The molecule has 3 aliphatic rings. The van der Waals surface area contributed by atoms with Crippen molar-refractivity contribution in [2.24, 2.45) is 0 Å². The zero-order valence-corrected chi connectivity index (χ0v) is 23.5. The van der Waals surface area contributed by atoms with E-state index >= 15 is 0 Å². The molecule has 1 heteroatoms. The molecule has 5 aromatic carbocycles. The van der Waals surface area contributed by atoms with Crippen LogP contribution in [0.25, 0.3) is 11.1 Å². The maximum atomic E-state index is 6.60. The van der Waals surface area contributed by atoms with Gasteiger partial charge in [-0.1, -0.05) is 141 Å². The summed E-state index contributed by atoms with van der Waals surface area (Å²) in [4.78, 5) is 0. The van der Waals surface area contributed by atoms with Gasteiger partial charge in [0.05, 0.1) is 5.41 Å². The molecule has 1 nitrogen and oxygen atoms in total. The van der Waals surface area contributed by atoms with Crippen molar-refractivity contribution in [3.63, 3.8) is 0 Å². The zero-order chi connectivity index (χ0) is 27.6. The van der Waals surface area contributed by atoms with Crippen LogP contribution in [0.3, 0.4) is 0 Å². The predicted molar refractivity (Wildman–Crippen MR) is 167 cm³/mol. The van der Waals surface area contributed by atoms with Gasteiger partial charge in [-0.15, -0.1) is 0 Å². The number of benzene rings is 5. The van der Waals surface area contributed by atoms with Crippen LogP contribution in [-0.2, 0) is 10.8 Å². The van der Waals surface area contributed by atoms with Gasteiger partial charge in [-0.2, -0.15) is 0 Å². The maximum Gasteiger partial charge on any atom is 0.131 e. The lowest BCUT2D eigenvalue weighted by Crippen LogP contribution is -2.35. The summed E-state index contributed by atoms with van der Waals surface area (Å²) < 4.78 is 6.60. The van der Waals surface area contributed by atoms with Crippen LogP contribution in [0.1, 0.15) is 59.6 Å². The summed E-state index contributed by atoms with van der Waals surface area (Å²) in [6.45, 7) is 4.73. The Labute approximate surface area is 242 Å². The highest BCUT2D eigenvalue weighted by molar-refractivity contribution is 5.86. The van der Waals surface area contributed by atoms with Crippen molar-refractivity contribution in [1.29, 1.82) is 0 Å². The van der Waals surface area contributed by atoms with E-state index in [1.165, 1.54) is 50.1 Å². The molecule has 1 aliphatic heterocycles. The summed E-state index contributed by atoms with van der Waals surface area (Å²) in [5.41, 5.74) is 11.4. The summed E-state index contributed by atoms with van der Waals surface area (Å²) >= 11 is 0. The van der Waals surface area contributed by atoms with Gasteiger partial charge in [-0.25, -0.2) is 0 Å². The van der Waals surface area contributed by atoms with E-state index in [0.717, 1.165) is 17.9 Å². The molecule has 5 aromatic rings. The molecule has 1 atom stereocenters. The van der Waals surface area contributed by atoms with Crippen LogP contribution in [0.15, 0.2) is 151 Å². The molecule has 2 aliphatic carbocycles. The van der Waals surface area contributed by atoms with Gasteiger partial charge in [-0.05, 0) is 63.1 Å². The third-order valence-corrected chi connectivity index (χ3v) is 9.61. The first-order chi connectivity index (χ1) is 20.1. The van der Waals surface area contributed by atoms with Crippen molar-refractivity contribution in [2.45, 2.75) is 37.0 Å². The molecule has 198 valence electrons. The number of hydrogen-bond acceptors (Lipinski definition) is 1. The normalized spacial score (nSPS) is 19.0. The first kappa shape index (κ1) is 24.2. The largest absolute Gasteiger partial charge is 0.457 e. The first-order valence-electron chi connectivity index (χ1n) is 14.6. The molecule has 0 aromatic heterocycles. The standard InChI is InChI=1S/C40H32O/c1-39(2)35-24-12-13-25-36(35)41-37-26-14-20-31(38(37)39)30-19-8-11-23-34(30)40(27-15-4-3-5-16-27)32-21-9-6-17-28(32)29-18-7-10-22-33(29)40/h3-19,21-26,31H,20H2,1-2H3. The van der Waals surface area contributed by atoms with Crippen LogP contribution >= 0.6 is 0 Å². The Bertz CT molecular complexity index is 1820. The van der Waals surface area contributed by atoms with Crippen molar-refractivity contribution < 1.29 is 4.74 Å². The van der Waals surface area contributed by atoms with Gasteiger partial charge < -0.3 is 4.74 Å². The molecule has 8 rings (SSSR count). The quantitative estimate of drug-likeness (QED) is 0.222. The Morgan fingerprint density at radius 3 is 1.85 bits per heavy atom. The second-order valence-corrected chi connectivity index (χ2v) is 12.0. The van der Waals surface area contributed by atoms with Gasteiger partial charge in [0.2, 0.25) is 0 Å². The molecule has 41 heavy (non-hydrogen) atoms. The van der Waals surface area contributed by atoms with Gasteiger partial charge in [-0.3, -0.25) is 0 Å². The molecule has 1 heterocycles. The molecule has 0 bridgehead atoms. The molecular weight excluding hydrogens is 496 g/mol. The highest BCUT2D eigenvalue weighted by Gasteiger charge is 2.49. The van der Waals surface area contributed by atoms with E-state index in [0.29, 0.717) is 0 Å². The first-order valence-corrected chi connectivity index (χ1v) is 14.6. The van der Waals surface area contributed by atoms with Gasteiger partial charge in [0, 0.05) is 16.9 Å². The Hall–Kier alpha value is -4.62.